The third-order valence-corrected chi connectivity index (χ3v) is 8.75. The maximum atomic E-state index is 5.68. The first kappa shape index (κ1) is 20.8. The van der Waals surface area contributed by atoms with Crippen molar-refractivity contribution in [2.24, 2.45) is 0 Å². The summed E-state index contributed by atoms with van der Waals surface area (Å²) < 4.78 is 8.01. The zero-order valence-electron chi connectivity index (χ0n) is 19.2. The summed E-state index contributed by atoms with van der Waals surface area (Å²) in [6.07, 6.45) is 13.8. The van der Waals surface area contributed by atoms with Gasteiger partial charge in [0.1, 0.15) is 11.6 Å². The van der Waals surface area contributed by atoms with Gasteiger partial charge in [-0.3, -0.25) is 0 Å². The van der Waals surface area contributed by atoms with Crippen molar-refractivity contribution in [3.05, 3.63) is 42.1 Å². The molecule has 2 fully saturated rings. The number of ether oxygens (including phenoxy) is 1. The van der Waals surface area contributed by atoms with Gasteiger partial charge in [-0.1, -0.05) is 19.3 Å². The van der Waals surface area contributed by atoms with Gasteiger partial charge in [-0.2, -0.15) is 4.98 Å². The zero-order chi connectivity index (χ0) is 22.4. The monoisotopic (exact) mass is 462 g/mol. The molecule has 3 heterocycles. The van der Waals surface area contributed by atoms with E-state index in [1.54, 1.807) is 13.4 Å². The molecule has 0 unspecified atom stereocenters. The van der Waals surface area contributed by atoms with Crippen molar-refractivity contribution in [3.63, 3.8) is 0 Å². The first-order valence-electron chi connectivity index (χ1n) is 11.9. The highest BCUT2D eigenvalue weighted by Gasteiger charge is 2.45. The zero-order valence-corrected chi connectivity index (χ0v) is 20.0. The molecule has 1 aromatic carbocycles. The highest BCUT2D eigenvalue weighted by atomic mass is 32.2. The second kappa shape index (κ2) is 8.24. The van der Waals surface area contributed by atoms with E-state index in [0.717, 1.165) is 35.1 Å². The largest absolute Gasteiger partial charge is 0.494 e. The van der Waals surface area contributed by atoms with Crippen molar-refractivity contribution in [3.8, 4) is 11.4 Å². The minimum Gasteiger partial charge on any atom is -0.494 e. The van der Waals surface area contributed by atoms with Crippen molar-refractivity contribution < 1.29 is 4.74 Å². The molecule has 1 spiro atoms. The second-order valence-corrected chi connectivity index (χ2v) is 11.0. The SMILES string of the molecule is COc1cc(Nc2nc3c(c(NC4CCCC4)n2)SC2(CCC2)C3)ccc1-n1cnc(C)c1. The van der Waals surface area contributed by atoms with Crippen molar-refractivity contribution >= 4 is 29.2 Å². The van der Waals surface area contributed by atoms with Crippen LogP contribution in [0.2, 0.25) is 0 Å². The summed E-state index contributed by atoms with van der Waals surface area (Å²) >= 11 is 2.01. The van der Waals surface area contributed by atoms with Crippen molar-refractivity contribution in [1.29, 1.82) is 0 Å². The summed E-state index contributed by atoms with van der Waals surface area (Å²) in [6, 6.07) is 6.59. The van der Waals surface area contributed by atoms with Gasteiger partial charge in [0.2, 0.25) is 5.95 Å². The average Bonchev–Trinajstić information content (AvgIpc) is 3.53. The Morgan fingerprint density at radius 1 is 1.15 bits per heavy atom. The maximum absolute atomic E-state index is 5.68. The van der Waals surface area contributed by atoms with E-state index in [0.29, 0.717) is 16.7 Å². The van der Waals surface area contributed by atoms with Crippen LogP contribution in [-0.4, -0.2) is 37.4 Å². The van der Waals surface area contributed by atoms with Gasteiger partial charge in [-0.05, 0) is 44.7 Å². The molecular weight excluding hydrogens is 432 g/mol. The lowest BCUT2D eigenvalue weighted by molar-refractivity contribution is 0.365. The van der Waals surface area contributed by atoms with Gasteiger partial charge in [0.25, 0.3) is 0 Å². The van der Waals surface area contributed by atoms with Crippen LogP contribution in [0.25, 0.3) is 5.69 Å². The highest BCUT2D eigenvalue weighted by Crippen LogP contribution is 2.57. The molecule has 2 saturated carbocycles. The molecule has 2 aromatic heterocycles. The smallest absolute Gasteiger partial charge is 0.229 e. The van der Waals surface area contributed by atoms with Gasteiger partial charge in [-0.15, -0.1) is 11.8 Å². The van der Waals surface area contributed by atoms with Crippen LogP contribution in [0.5, 0.6) is 5.75 Å². The molecule has 6 rings (SSSR count). The molecule has 2 N–H and O–H groups in total. The fourth-order valence-corrected chi connectivity index (χ4v) is 6.77. The van der Waals surface area contributed by atoms with Crippen molar-refractivity contribution in [1.82, 2.24) is 19.5 Å². The van der Waals surface area contributed by atoms with E-state index < -0.39 is 0 Å². The Hall–Kier alpha value is -2.74. The number of anilines is 3. The average molecular weight is 463 g/mol. The van der Waals surface area contributed by atoms with E-state index in [-0.39, 0.29) is 0 Å². The van der Waals surface area contributed by atoms with Gasteiger partial charge in [0.05, 0.1) is 35.4 Å². The fraction of sp³-hybridized carbons (Fsp3) is 0.480. The van der Waals surface area contributed by atoms with Gasteiger partial charge in [0.15, 0.2) is 0 Å². The summed E-state index contributed by atoms with van der Waals surface area (Å²) in [4.78, 5) is 15.5. The first-order chi connectivity index (χ1) is 16.1. The number of aryl methyl sites for hydroxylation is 1. The molecule has 0 radical (unpaired) electrons. The standard InChI is InChI=1S/C25H30N6OS/c1-16-14-31(15-26-16)20-9-8-18(12-21(20)32-2)28-24-29-19-13-25(10-5-11-25)33-22(19)23(30-24)27-17-6-3-4-7-17/h8-9,12,14-15,17H,3-7,10-11,13H2,1-2H3,(H2,27,28,29,30). The number of rotatable bonds is 6. The minimum atomic E-state index is 0.357. The molecule has 33 heavy (non-hydrogen) atoms. The van der Waals surface area contributed by atoms with Crippen LogP contribution in [0.1, 0.15) is 56.3 Å². The molecule has 172 valence electrons. The minimum absolute atomic E-state index is 0.357. The number of imidazole rings is 1. The maximum Gasteiger partial charge on any atom is 0.229 e. The molecule has 0 bridgehead atoms. The van der Waals surface area contributed by atoms with Crippen LogP contribution in [0.4, 0.5) is 17.5 Å². The van der Waals surface area contributed by atoms with Crippen LogP contribution < -0.4 is 15.4 Å². The van der Waals surface area contributed by atoms with Crippen LogP contribution >= 0.6 is 11.8 Å². The van der Waals surface area contributed by atoms with Crippen LogP contribution in [0.3, 0.4) is 0 Å². The number of methoxy groups -OCH3 is 1. The number of hydrogen-bond acceptors (Lipinski definition) is 7. The molecule has 1 aliphatic heterocycles. The van der Waals surface area contributed by atoms with Crippen LogP contribution in [-0.2, 0) is 6.42 Å². The molecule has 2 aliphatic carbocycles. The summed E-state index contributed by atoms with van der Waals surface area (Å²) in [5.41, 5.74) is 4.01. The number of aromatic nitrogens is 4. The van der Waals surface area contributed by atoms with Crippen LogP contribution in [0, 0.1) is 6.92 Å². The van der Waals surface area contributed by atoms with Gasteiger partial charge in [-0.25, -0.2) is 9.97 Å². The third-order valence-electron chi connectivity index (χ3n) is 7.13. The molecule has 8 heteroatoms. The van der Waals surface area contributed by atoms with Crippen molar-refractivity contribution in [2.75, 3.05) is 17.7 Å². The Kier molecular flexibility index (Phi) is 5.20. The predicted molar refractivity (Wildman–Crippen MR) is 132 cm³/mol. The number of thioether (sulfide) groups is 1. The topological polar surface area (TPSA) is 76.9 Å². The Morgan fingerprint density at radius 3 is 2.70 bits per heavy atom. The van der Waals surface area contributed by atoms with Crippen LogP contribution in [0.15, 0.2) is 35.6 Å². The quantitative estimate of drug-likeness (QED) is 0.490. The number of fused-ring (bicyclic) bond motifs is 1. The van der Waals surface area contributed by atoms with E-state index in [2.05, 4.69) is 15.6 Å². The summed E-state index contributed by atoms with van der Waals surface area (Å²) in [6.45, 7) is 1.98. The Balaban J connectivity index is 1.30. The van der Waals surface area contributed by atoms with E-state index in [9.17, 15) is 0 Å². The molecule has 3 aromatic rings. The van der Waals surface area contributed by atoms with E-state index in [1.165, 1.54) is 55.5 Å². The number of nitrogens with zero attached hydrogens (tertiary/aromatic N) is 4. The van der Waals surface area contributed by atoms with Gasteiger partial charge in [0, 0.05) is 35.2 Å². The third kappa shape index (κ3) is 3.94. The lowest BCUT2D eigenvalue weighted by Crippen LogP contribution is -2.32. The Labute approximate surface area is 198 Å². The summed E-state index contributed by atoms with van der Waals surface area (Å²) in [5.74, 6) is 2.44. The number of benzene rings is 1. The summed E-state index contributed by atoms with van der Waals surface area (Å²) in [5, 5.41) is 7.21. The highest BCUT2D eigenvalue weighted by molar-refractivity contribution is 8.01. The Morgan fingerprint density at radius 2 is 2.00 bits per heavy atom. The lowest BCUT2D eigenvalue weighted by atomic mass is 9.81. The lowest BCUT2D eigenvalue weighted by Gasteiger charge is -2.36. The molecular formula is C25H30N6OS. The normalized spacial score (nSPS) is 18.8. The summed E-state index contributed by atoms with van der Waals surface area (Å²) in [7, 11) is 1.69. The van der Waals surface area contributed by atoms with Gasteiger partial charge < -0.3 is 19.9 Å². The fourth-order valence-electron chi connectivity index (χ4n) is 5.20. The van der Waals surface area contributed by atoms with Gasteiger partial charge >= 0.3 is 0 Å². The molecule has 0 saturated heterocycles. The van der Waals surface area contributed by atoms with E-state index in [4.69, 9.17) is 14.7 Å². The molecule has 0 atom stereocenters. The Bertz CT molecular complexity index is 1180. The van der Waals surface area contributed by atoms with Crippen molar-refractivity contribution in [2.45, 2.75) is 74.0 Å². The predicted octanol–water partition coefficient (Wildman–Crippen LogP) is 5.65. The van der Waals surface area contributed by atoms with E-state index in [1.807, 2.05) is 47.6 Å². The first-order valence-corrected chi connectivity index (χ1v) is 12.7. The molecule has 0 amide bonds. The molecule has 3 aliphatic rings. The second-order valence-electron chi connectivity index (χ2n) is 9.55. The van der Waals surface area contributed by atoms with E-state index >= 15 is 0 Å². The number of hydrogen-bond donors (Lipinski definition) is 2. The number of nitrogens with one attached hydrogen (secondary N) is 2. The molecule has 7 nitrogen and oxygen atoms in total.